The molecule has 0 aliphatic rings. The third-order valence-corrected chi connectivity index (χ3v) is 3.92. The van der Waals surface area contributed by atoms with Crippen LogP contribution in [0.15, 0.2) is 48.8 Å². The molecule has 0 bridgehead atoms. The predicted octanol–water partition coefficient (Wildman–Crippen LogP) is -1.28. The van der Waals surface area contributed by atoms with Crippen LogP contribution in [0.4, 0.5) is 5.13 Å². The molecule has 2 heterocycles. The first-order chi connectivity index (χ1) is 10.2. The van der Waals surface area contributed by atoms with Crippen LogP contribution in [0.3, 0.4) is 0 Å². The maximum Gasteiger partial charge on any atom is 0.292 e. The molecule has 3 aromatic rings. The van der Waals surface area contributed by atoms with Gasteiger partial charge in [-0.1, -0.05) is 23.5 Å². The number of hydrogen-bond donors (Lipinski definition) is 2. The molecule has 3 rings (SSSR count). The highest BCUT2D eigenvalue weighted by molar-refractivity contribution is 7.22. The van der Waals surface area contributed by atoms with E-state index in [0.29, 0.717) is 5.13 Å². The number of hydrogen-bond acceptors (Lipinski definition) is 4. The summed E-state index contributed by atoms with van der Waals surface area (Å²) in [7, 11) is 0. The van der Waals surface area contributed by atoms with Gasteiger partial charge in [-0.05, 0) is 18.2 Å². The molecular weight excluding hydrogens is 322 g/mol. The Morgan fingerprint density at radius 1 is 1.27 bits per heavy atom. The minimum absolute atomic E-state index is 0. The van der Waals surface area contributed by atoms with Crippen LogP contribution >= 0.6 is 11.3 Å². The summed E-state index contributed by atoms with van der Waals surface area (Å²) in [5.41, 5.74) is 1.65. The average Bonchev–Trinajstić information content (AvgIpc) is 2.89. The van der Waals surface area contributed by atoms with Gasteiger partial charge in [0.15, 0.2) is 17.5 Å². The molecule has 0 spiro atoms. The molecule has 0 fully saturated rings. The Morgan fingerprint density at radius 2 is 2.09 bits per heavy atom. The van der Waals surface area contributed by atoms with Crippen molar-refractivity contribution in [2.45, 2.75) is 13.2 Å². The topological polar surface area (TPSA) is 66.1 Å². The number of aromatic nitrogens is 2. The van der Waals surface area contributed by atoms with Crippen molar-refractivity contribution in [2.24, 2.45) is 0 Å². The van der Waals surface area contributed by atoms with Crippen molar-refractivity contribution in [3.05, 3.63) is 54.4 Å². The fourth-order valence-corrected chi connectivity index (χ4v) is 2.90. The van der Waals surface area contributed by atoms with Gasteiger partial charge < -0.3 is 17.5 Å². The predicted molar refractivity (Wildman–Crippen MR) is 80.8 cm³/mol. The number of rotatable bonds is 4. The van der Waals surface area contributed by atoms with Gasteiger partial charge in [-0.15, -0.1) is 0 Å². The maximum absolute atomic E-state index is 12.0. The molecule has 0 atom stereocenters. The summed E-state index contributed by atoms with van der Waals surface area (Å²) in [5, 5.41) is 12.5. The number of nitrogens with zero attached hydrogens (tertiary/aromatic N) is 2. The Hall–Kier alpha value is -2.02. The lowest BCUT2D eigenvalue weighted by Crippen LogP contribution is -3.00. The summed E-state index contributed by atoms with van der Waals surface area (Å²) in [4.78, 5) is 16.4. The van der Waals surface area contributed by atoms with E-state index in [4.69, 9.17) is 5.11 Å². The van der Waals surface area contributed by atoms with E-state index in [1.54, 1.807) is 23.0 Å². The van der Waals surface area contributed by atoms with Crippen LogP contribution in [0.1, 0.15) is 5.56 Å². The second-order valence-corrected chi connectivity index (χ2v) is 5.61. The lowest BCUT2D eigenvalue weighted by molar-refractivity contribution is -0.684. The van der Waals surface area contributed by atoms with E-state index in [-0.39, 0.29) is 31.5 Å². The molecule has 1 aromatic carbocycles. The van der Waals surface area contributed by atoms with E-state index in [1.807, 2.05) is 30.3 Å². The summed E-state index contributed by atoms with van der Waals surface area (Å²) >= 11 is 1.45. The summed E-state index contributed by atoms with van der Waals surface area (Å²) < 4.78 is 2.77. The van der Waals surface area contributed by atoms with Crippen molar-refractivity contribution in [2.75, 3.05) is 5.32 Å². The molecule has 0 saturated heterocycles. The van der Waals surface area contributed by atoms with Crippen molar-refractivity contribution < 1.29 is 26.9 Å². The Labute approximate surface area is 137 Å². The van der Waals surface area contributed by atoms with E-state index in [1.165, 1.54) is 11.3 Å². The van der Waals surface area contributed by atoms with Crippen LogP contribution in [-0.4, -0.2) is 16.0 Å². The molecule has 7 heteroatoms. The van der Waals surface area contributed by atoms with Gasteiger partial charge in [0, 0.05) is 11.6 Å². The molecule has 0 aliphatic carbocycles. The number of benzene rings is 1. The Balaban J connectivity index is 0.00000176. The van der Waals surface area contributed by atoms with E-state index < -0.39 is 0 Å². The smallest absolute Gasteiger partial charge is 0.292 e. The van der Waals surface area contributed by atoms with Crippen LogP contribution in [0, 0.1) is 0 Å². The fraction of sp³-hybridized carbons (Fsp3) is 0.133. The van der Waals surface area contributed by atoms with Crippen molar-refractivity contribution in [3.8, 4) is 0 Å². The molecular formula is C15H14ClN3O2S. The average molecular weight is 336 g/mol. The quantitative estimate of drug-likeness (QED) is 0.584. The summed E-state index contributed by atoms with van der Waals surface area (Å²) in [6.45, 7) is 0.143. The minimum Gasteiger partial charge on any atom is -1.00 e. The fourth-order valence-electron chi connectivity index (χ4n) is 2.02. The highest BCUT2D eigenvalue weighted by atomic mass is 35.5. The highest BCUT2D eigenvalue weighted by Crippen LogP contribution is 2.25. The van der Waals surface area contributed by atoms with Crippen LogP contribution in [0.25, 0.3) is 10.2 Å². The lowest BCUT2D eigenvalue weighted by Gasteiger charge is -1.99. The molecule has 2 aromatic heterocycles. The number of halogens is 1. The van der Waals surface area contributed by atoms with Crippen LogP contribution in [0.2, 0.25) is 0 Å². The zero-order valence-electron chi connectivity index (χ0n) is 11.6. The van der Waals surface area contributed by atoms with Crippen molar-refractivity contribution in [1.82, 2.24) is 4.98 Å². The zero-order chi connectivity index (χ0) is 14.7. The SMILES string of the molecule is O=C(C[n+]1cccc(CO)c1)Nc1nc2ccccc2s1.[Cl-]. The molecule has 0 unspecified atom stereocenters. The molecule has 0 aliphatic heterocycles. The number of nitrogens with one attached hydrogen (secondary N) is 1. The zero-order valence-corrected chi connectivity index (χ0v) is 13.1. The molecule has 114 valence electrons. The van der Waals surface area contributed by atoms with Crippen molar-refractivity contribution >= 4 is 32.6 Å². The maximum atomic E-state index is 12.0. The number of fused-ring (bicyclic) bond motifs is 1. The van der Waals surface area contributed by atoms with E-state index >= 15 is 0 Å². The number of aliphatic hydroxyl groups is 1. The van der Waals surface area contributed by atoms with Crippen molar-refractivity contribution in [3.63, 3.8) is 0 Å². The Morgan fingerprint density at radius 3 is 2.86 bits per heavy atom. The number of para-hydroxylation sites is 1. The number of pyridine rings is 1. The molecule has 0 radical (unpaired) electrons. The van der Waals surface area contributed by atoms with Gasteiger partial charge in [0.1, 0.15) is 0 Å². The van der Waals surface area contributed by atoms with E-state index in [9.17, 15) is 4.79 Å². The first kappa shape index (κ1) is 16.4. The Kier molecular flexibility index (Phi) is 5.43. The second-order valence-electron chi connectivity index (χ2n) is 4.58. The molecule has 2 N–H and O–H groups in total. The van der Waals surface area contributed by atoms with Gasteiger partial charge in [0.25, 0.3) is 5.91 Å². The third kappa shape index (κ3) is 3.79. The summed E-state index contributed by atoms with van der Waals surface area (Å²) in [6, 6.07) is 11.4. The number of aliphatic hydroxyl groups excluding tert-OH is 1. The van der Waals surface area contributed by atoms with Crippen molar-refractivity contribution in [1.29, 1.82) is 0 Å². The summed E-state index contributed by atoms with van der Waals surface area (Å²) in [5.74, 6) is -0.144. The van der Waals surface area contributed by atoms with E-state index in [2.05, 4.69) is 10.3 Å². The van der Waals surface area contributed by atoms with Crippen LogP contribution in [0.5, 0.6) is 0 Å². The number of anilines is 1. The molecule has 0 saturated carbocycles. The van der Waals surface area contributed by atoms with Gasteiger partial charge >= 0.3 is 0 Å². The highest BCUT2D eigenvalue weighted by Gasteiger charge is 2.12. The van der Waals surface area contributed by atoms with Gasteiger partial charge in [-0.3, -0.25) is 10.1 Å². The second kappa shape index (κ2) is 7.31. The number of thiazole rings is 1. The summed E-state index contributed by atoms with van der Waals surface area (Å²) in [6.07, 6.45) is 3.54. The van der Waals surface area contributed by atoms with Gasteiger partial charge in [0.05, 0.1) is 16.8 Å². The van der Waals surface area contributed by atoms with Gasteiger partial charge in [-0.25, -0.2) is 4.98 Å². The largest absolute Gasteiger partial charge is 1.00 e. The Bertz CT molecular complexity index is 758. The normalized spacial score (nSPS) is 10.2. The van der Waals surface area contributed by atoms with Gasteiger partial charge in [-0.2, -0.15) is 4.57 Å². The third-order valence-electron chi connectivity index (χ3n) is 2.97. The number of amides is 1. The minimum atomic E-state index is -0.144. The first-order valence-electron chi connectivity index (χ1n) is 6.49. The lowest BCUT2D eigenvalue weighted by atomic mass is 10.3. The standard InChI is InChI=1S/C15H13N3O2S.ClH/c19-10-11-4-3-7-18(8-11)9-14(20)17-15-16-12-5-1-2-6-13(12)21-15;/h1-8,19H,9-10H2;1H. The first-order valence-corrected chi connectivity index (χ1v) is 7.30. The van der Waals surface area contributed by atoms with Crippen LogP contribution < -0.4 is 22.3 Å². The molecule has 22 heavy (non-hydrogen) atoms. The van der Waals surface area contributed by atoms with Crippen LogP contribution in [-0.2, 0) is 17.9 Å². The monoisotopic (exact) mass is 335 g/mol. The number of carbonyl (C=O) groups is 1. The molecule has 1 amide bonds. The molecule has 5 nitrogen and oxygen atoms in total. The number of carbonyl (C=O) groups excluding carboxylic acids is 1. The van der Waals surface area contributed by atoms with E-state index in [0.717, 1.165) is 15.8 Å². The van der Waals surface area contributed by atoms with Gasteiger partial charge in [0.2, 0.25) is 6.54 Å².